The highest BCUT2D eigenvalue weighted by Gasteiger charge is 2.59. The summed E-state index contributed by atoms with van der Waals surface area (Å²) in [6.07, 6.45) is 3.55. The highest BCUT2D eigenvalue weighted by Crippen LogP contribution is 2.62. The fourth-order valence-electron chi connectivity index (χ4n) is 4.37. The van der Waals surface area contributed by atoms with Crippen molar-refractivity contribution in [3.05, 3.63) is 0 Å². The number of amides is 2. The lowest BCUT2D eigenvalue weighted by molar-refractivity contribution is -0.137. The zero-order valence-corrected chi connectivity index (χ0v) is 12.9. The van der Waals surface area contributed by atoms with Gasteiger partial charge in [-0.3, -0.25) is 4.79 Å². The van der Waals surface area contributed by atoms with Gasteiger partial charge in [0, 0.05) is 12.6 Å². The van der Waals surface area contributed by atoms with Gasteiger partial charge >= 0.3 is 12.0 Å². The zero-order chi connectivity index (χ0) is 15.1. The number of hydrogen-bond acceptors (Lipinski definition) is 2. The number of likely N-dealkylation sites (N-methyl/N-ethyl adjacent to an activating group) is 1. The molecule has 2 N–H and O–H groups in total. The Bertz CT molecular complexity index is 417. The largest absolute Gasteiger partial charge is 0.480 e. The van der Waals surface area contributed by atoms with Gasteiger partial charge in [0.25, 0.3) is 0 Å². The molecule has 2 fully saturated rings. The Morgan fingerprint density at radius 3 is 2.45 bits per heavy atom. The lowest BCUT2D eigenvalue weighted by atomic mass is 9.68. The molecule has 0 spiro atoms. The summed E-state index contributed by atoms with van der Waals surface area (Å²) >= 11 is 0. The van der Waals surface area contributed by atoms with E-state index in [0.29, 0.717) is 12.5 Å². The van der Waals surface area contributed by atoms with E-state index in [1.54, 1.807) is 6.92 Å². The molecule has 114 valence electrons. The molecule has 2 amide bonds. The molecule has 2 saturated carbocycles. The predicted octanol–water partition coefficient (Wildman–Crippen LogP) is 2.32. The van der Waals surface area contributed by atoms with Gasteiger partial charge in [-0.15, -0.1) is 0 Å². The molecule has 2 rings (SSSR count). The van der Waals surface area contributed by atoms with Crippen LogP contribution < -0.4 is 5.32 Å². The van der Waals surface area contributed by atoms with Gasteiger partial charge in [-0.25, -0.2) is 4.79 Å². The minimum Gasteiger partial charge on any atom is -0.480 e. The number of hydrogen-bond donors (Lipinski definition) is 2. The third-order valence-corrected chi connectivity index (χ3v) is 5.53. The molecule has 2 bridgehead atoms. The number of fused-ring (bicyclic) bond motifs is 2. The molecule has 0 aromatic heterocycles. The first kappa shape index (κ1) is 15.1. The molecule has 3 unspecified atom stereocenters. The van der Waals surface area contributed by atoms with Crippen LogP contribution in [0.1, 0.15) is 47.0 Å². The third-order valence-electron chi connectivity index (χ3n) is 5.53. The van der Waals surface area contributed by atoms with Crippen LogP contribution in [0.2, 0.25) is 0 Å². The van der Waals surface area contributed by atoms with Crippen LogP contribution in [0.15, 0.2) is 0 Å². The molecule has 0 heterocycles. The van der Waals surface area contributed by atoms with E-state index in [0.717, 1.165) is 12.8 Å². The summed E-state index contributed by atoms with van der Waals surface area (Å²) in [7, 11) is 0. The van der Waals surface area contributed by atoms with Crippen LogP contribution in [0, 0.1) is 16.7 Å². The summed E-state index contributed by atoms with van der Waals surface area (Å²) in [5.74, 6) is -0.312. The van der Waals surface area contributed by atoms with Gasteiger partial charge in [-0.2, -0.15) is 0 Å². The Kier molecular flexibility index (Phi) is 3.73. The van der Waals surface area contributed by atoms with Crippen molar-refractivity contribution < 1.29 is 14.7 Å². The maximum absolute atomic E-state index is 12.3. The van der Waals surface area contributed by atoms with Crippen molar-refractivity contribution in [1.82, 2.24) is 10.2 Å². The monoisotopic (exact) mass is 282 g/mol. The van der Waals surface area contributed by atoms with Crippen LogP contribution >= 0.6 is 0 Å². The van der Waals surface area contributed by atoms with Crippen molar-refractivity contribution in [3.63, 3.8) is 0 Å². The molecule has 0 aromatic carbocycles. The highest BCUT2D eigenvalue weighted by molar-refractivity contribution is 5.80. The Balaban J connectivity index is 2.09. The van der Waals surface area contributed by atoms with Gasteiger partial charge in [0.1, 0.15) is 6.54 Å². The normalized spacial score (nSPS) is 34.0. The average Bonchev–Trinajstić information content (AvgIpc) is 2.82. The van der Waals surface area contributed by atoms with E-state index >= 15 is 0 Å². The molecule has 0 radical (unpaired) electrons. The van der Waals surface area contributed by atoms with Crippen molar-refractivity contribution in [3.8, 4) is 0 Å². The Labute approximate surface area is 120 Å². The fourth-order valence-corrected chi connectivity index (χ4v) is 4.37. The van der Waals surface area contributed by atoms with E-state index in [4.69, 9.17) is 5.11 Å². The summed E-state index contributed by atoms with van der Waals surface area (Å²) in [6.45, 7) is 8.67. The Morgan fingerprint density at radius 2 is 2.00 bits per heavy atom. The number of nitrogens with zero attached hydrogens (tertiary/aromatic N) is 1. The molecular formula is C15H26N2O3. The zero-order valence-electron chi connectivity index (χ0n) is 12.9. The maximum atomic E-state index is 12.3. The van der Waals surface area contributed by atoms with E-state index < -0.39 is 5.97 Å². The van der Waals surface area contributed by atoms with E-state index in [1.807, 2.05) is 0 Å². The molecule has 5 nitrogen and oxygen atoms in total. The number of carboxylic acids is 1. The number of nitrogens with one attached hydrogen (secondary N) is 1. The first-order valence-corrected chi connectivity index (χ1v) is 7.48. The molecule has 0 saturated heterocycles. The van der Waals surface area contributed by atoms with Crippen LogP contribution in [0.4, 0.5) is 4.79 Å². The Morgan fingerprint density at radius 1 is 1.35 bits per heavy atom. The number of rotatable bonds is 4. The molecule has 20 heavy (non-hydrogen) atoms. The minimum absolute atomic E-state index is 0.0886. The quantitative estimate of drug-likeness (QED) is 0.831. The molecule has 2 aliphatic carbocycles. The van der Waals surface area contributed by atoms with E-state index in [1.165, 1.54) is 11.3 Å². The van der Waals surface area contributed by atoms with Crippen LogP contribution in [-0.2, 0) is 4.79 Å². The van der Waals surface area contributed by atoms with Gasteiger partial charge < -0.3 is 15.3 Å². The van der Waals surface area contributed by atoms with Gasteiger partial charge in [0.2, 0.25) is 0 Å². The van der Waals surface area contributed by atoms with Crippen LogP contribution in [0.3, 0.4) is 0 Å². The molecule has 3 atom stereocenters. The number of carboxylic acid groups (broad SMARTS) is 1. The van der Waals surface area contributed by atoms with Crippen molar-refractivity contribution in [1.29, 1.82) is 0 Å². The Hall–Kier alpha value is -1.26. The van der Waals surface area contributed by atoms with Crippen LogP contribution in [0.25, 0.3) is 0 Å². The number of aliphatic carboxylic acids is 1. The second kappa shape index (κ2) is 4.93. The lowest BCUT2D eigenvalue weighted by Gasteiger charge is -2.43. The SMILES string of the molecule is CCN(CC(=O)O)C(=O)NC1C2(C)CCC(C2)C1(C)C. The molecule has 0 aliphatic heterocycles. The third kappa shape index (κ3) is 2.38. The number of carbonyl (C=O) groups excluding carboxylic acids is 1. The first-order chi connectivity index (χ1) is 9.20. The van der Waals surface area contributed by atoms with Gasteiger partial charge in [-0.1, -0.05) is 20.8 Å². The molecule has 2 aliphatic rings. The van der Waals surface area contributed by atoms with Crippen molar-refractivity contribution in [2.45, 2.75) is 53.0 Å². The van der Waals surface area contributed by atoms with Crippen molar-refractivity contribution >= 4 is 12.0 Å². The summed E-state index contributed by atoms with van der Waals surface area (Å²) in [6, 6.07) is -0.120. The van der Waals surface area contributed by atoms with Gasteiger partial charge in [0.05, 0.1) is 0 Å². The second-order valence-electron chi connectivity index (χ2n) is 7.21. The number of urea groups is 1. The van der Waals surface area contributed by atoms with E-state index in [9.17, 15) is 9.59 Å². The highest BCUT2D eigenvalue weighted by atomic mass is 16.4. The first-order valence-electron chi connectivity index (χ1n) is 7.48. The van der Waals surface area contributed by atoms with E-state index in [-0.39, 0.29) is 29.4 Å². The summed E-state index contributed by atoms with van der Waals surface area (Å²) in [5.41, 5.74) is 0.248. The molecular weight excluding hydrogens is 256 g/mol. The maximum Gasteiger partial charge on any atom is 0.323 e. The van der Waals surface area contributed by atoms with Gasteiger partial charge in [-0.05, 0) is 42.9 Å². The summed E-state index contributed by atoms with van der Waals surface area (Å²) in [5, 5.41) is 12.0. The van der Waals surface area contributed by atoms with Crippen LogP contribution in [0.5, 0.6) is 0 Å². The minimum atomic E-state index is -0.972. The topological polar surface area (TPSA) is 69.6 Å². The standard InChI is InChI=1S/C15H26N2O3/c1-5-17(9-11(18)19)13(20)16-12-14(2,3)10-6-7-15(12,4)8-10/h10,12H,5-9H2,1-4H3,(H,16,20)(H,18,19). The predicted molar refractivity (Wildman–Crippen MR) is 76.4 cm³/mol. The molecule has 0 aromatic rings. The lowest BCUT2D eigenvalue weighted by Crippen LogP contribution is -2.56. The average molecular weight is 282 g/mol. The second-order valence-corrected chi connectivity index (χ2v) is 7.21. The summed E-state index contributed by atoms with van der Waals surface area (Å²) in [4.78, 5) is 24.5. The molecule has 5 heteroatoms. The fraction of sp³-hybridized carbons (Fsp3) is 0.867. The van der Waals surface area contributed by atoms with Crippen molar-refractivity contribution in [2.75, 3.05) is 13.1 Å². The van der Waals surface area contributed by atoms with E-state index in [2.05, 4.69) is 26.1 Å². The summed E-state index contributed by atoms with van der Waals surface area (Å²) < 4.78 is 0. The van der Waals surface area contributed by atoms with Crippen molar-refractivity contribution in [2.24, 2.45) is 16.7 Å². The smallest absolute Gasteiger partial charge is 0.323 e. The van der Waals surface area contributed by atoms with Crippen LogP contribution in [-0.4, -0.2) is 41.1 Å². The van der Waals surface area contributed by atoms with Gasteiger partial charge in [0.15, 0.2) is 0 Å². The number of carbonyl (C=O) groups is 2.